The van der Waals surface area contributed by atoms with Gasteiger partial charge < -0.3 is 19.6 Å². The Hall–Kier alpha value is -3.89. The van der Waals surface area contributed by atoms with E-state index >= 15 is 0 Å². The molecule has 0 radical (unpaired) electrons. The Bertz CT molecular complexity index is 1640. The Kier molecular flexibility index (Phi) is 6.85. The van der Waals surface area contributed by atoms with Crippen molar-refractivity contribution in [2.45, 2.75) is 19.8 Å². The van der Waals surface area contributed by atoms with Crippen LogP contribution in [0.15, 0.2) is 79.0 Å². The molecule has 6 rings (SSSR count). The molecule has 194 valence electrons. The number of pyridine rings is 2. The number of methoxy groups -OCH3 is 1. The zero-order valence-electron chi connectivity index (χ0n) is 21.5. The maximum Gasteiger partial charge on any atom is 0.140 e. The van der Waals surface area contributed by atoms with Crippen LogP contribution in [0.5, 0.6) is 11.5 Å². The summed E-state index contributed by atoms with van der Waals surface area (Å²) in [5.74, 6) is 1.96. The summed E-state index contributed by atoms with van der Waals surface area (Å²) in [5, 5.41) is 11.6. The number of para-hydroxylation sites is 2. The minimum Gasteiger partial charge on any atom is -0.514 e. The van der Waals surface area contributed by atoms with E-state index in [1.165, 1.54) is 0 Å². The summed E-state index contributed by atoms with van der Waals surface area (Å²) < 4.78 is 5.92. The number of aromatic nitrogens is 2. The quantitative estimate of drug-likeness (QED) is 0.199. The van der Waals surface area contributed by atoms with Gasteiger partial charge >= 0.3 is 0 Å². The van der Waals surface area contributed by atoms with Crippen molar-refractivity contribution >= 4 is 39.5 Å². The van der Waals surface area contributed by atoms with Gasteiger partial charge in [-0.15, -0.1) is 11.6 Å². The molecule has 0 amide bonds. The first kappa shape index (κ1) is 25.7. The number of phenolic OH excluding ortho intramolecular Hbond substituents is 1. The standard InChI is InChI=1S/C31H27N4O2.Pt/c1-19(2)21-13-15-27(36)30-22(21)12-14-23(33-30)20-17-26-31(28(18-20)37-4)34(3)24-9-5-6-10-25(24)35(26)29-11-7-8-16-32-29;/h5-16,18-19,36H,1-4H3;/q-1;. The molecular formula is C31H27N4O2Pt-. The fraction of sp³-hybridized carbons (Fsp3) is 0.161. The van der Waals surface area contributed by atoms with Crippen molar-refractivity contribution in [1.82, 2.24) is 9.97 Å². The third-order valence-electron chi connectivity index (χ3n) is 6.90. The molecule has 0 atom stereocenters. The van der Waals surface area contributed by atoms with E-state index < -0.39 is 0 Å². The van der Waals surface area contributed by atoms with Gasteiger partial charge in [-0.05, 0) is 53.2 Å². The van der Waals surface area contributed by atoms with Gasteiger partial charge in [0.2, 0.25) is 0 Å². The molecule has 3 heterocycles. The molecule has 7 heteroatoms. The van der Waals surface area contributed by atoms with E-state index in [1.807, 2.05) is 61.6 Å². The molecule has 1 aliphatic heterocycles. The van der Waals surface area contributed by atoms with Crippen molar-refractivity contribution in [3.8, 4) is 22.8 Å². The summed E-state index contributed by atoms with van der Waals surface area (Å²) in [6.45, 7) is 4.28. The predicted octanol–water partition coefficient (Wildman–Crippen LogP) is 7.48. The monoisotopic (exact) mass is 682 g/mol. The summed E-state index contributed by atoms with van der Waals surface area (Å²) in [4.78, 5) is 13.8. The largest absolute Gasteiger partial charge is 0.514 e. The Labute approximate surface area is 236 Å². The fourth-order valence-electron chi connectivity index (χ4n) is 5.10. The van der Waals surface area contributed by atoms with E-state index in [2.05, 4.69) is 46.8 Å². The van der Waals surface area contributed by atoms with Crippen molar-refractivity contribution in [2.24, 2.45) is 0 Å². The Morgan fingerprint density at radius 2 is 1.71 bits per heavy atom. The number of rotatable bonds is 4. The smallest absolute Gasteiger partial charge is 0.140 e. The van der Waals surface area contributed by atoms with Crippen LogP contribution in [-0.4, -0.2) is 29.2 Å². The summed E-state index contributed by atoms with van der Waals surface area (Å²) in [6, 6.07) is 27.4. The van der Waals surface area contributed by atoms with Gasteiger partial charge in [0, 0.05) is 45.4 Å². The van der Waals surface area contributed by atoms with E-state index in [4.69, 9.17) is 9.72 Å². The van der Waals surface area contributed by atoms with E-state index in [0.717, 1.165) is 45.1 Å². The molecule has 38 heavy (non-hydrogen) atoms. The van der Waals surface area contributed by atoms with Crippen LogP contribution in [0.1, 0.15) is 25.3 Å². The molecule has 1 N–H and O–H groups in total. The van der Waals surface area contributed by atoms with Gasteiger partial charge in [-0.25, -0.2) is 4.98 Å². The van der Waals surface area contributed by atoms with E-state index in [-0.39, 0.29) is 26.8 Å². The number of benzene rings is 3. The number of hydrogen-bond acceptors (Lipinski definition) is 6. The van der Waals surface area contributed by atoms with Gasteiger partial charge in [0.1, 0.15) is 17.1 Å². The normalized spacial score (nSPS) is 12.2. The number of phenols is 1. The van der Waals surface area contributed by atoms with Crippen molar-refractivity contribution in [2.75, 3.05) is 24.0 Å². The van der Waals surface area contributed by atoms with Crippen molar-refractivity contribution in [3.05, 3.63) is 90.6 Å². The van der Waals surface area contributed by atoms with Crippen LogP contribution in [0, 0.1) is 6.07 Å². The predicted molar refractivity (Wildman–Crippen MR) is 149 cm³/mol. The number of ether oxygens (including phenoxy) is 1. The molecule has 0 fully saturated rings. The zero-order chi connectivity index (χ0) is 25.7. The van der Waals surface area contributed by atoms with Gasteiger partial charge in [-0.1, -0.05) is 56.3 Å². The average Bonchev–Trinajstić information content (AvgIpc) is 2.93. The molecule has 0 unspecified atom stereocenters. The number of aromatic hydroxyl groups is 1. The van der Waals surface area contributed by atoms with Crippen LogP contribution in [-0.2, 0) is 21.1 Å². The van der Waals surface area contributed by atoms with Crippen LogP contribution in [0.25, 0.3) is 22.2 Å². The zero-order valence-corrected chi connectivity index (χ0v) is 23.8. The Balaban J connectivity index is 0.00000294. The van der Waals surface area contributed by atoms with E-state index in [0.29, 0.717) is 22.9 Å². The maximum atomic E-state index is 10.7. The second-order valence-corrected chi connectivity index (χ2v) is 9.44. The number of anilines is 5. The second kappa shape index (κ2) is 10.1. The van der Waals surface area contributed by atoms with Gasteiger partial charge in [0.15, 0.2) is 0 Å². The summed E-state index contributed by atoms with van der Waals surface area (Å²) in [7, 11) is 3.70. The number of hydrogen-bond donors (Lipinski definition) is 1. The maximum absolute atomic E-state index is 10.7. The average molecular weight is 683 g/mol. The molecule has 3 aromatic carbocycles. The first-order valence-electron chi connectivity index (χ1n) is 12.3. The second-order valence-electron chi connectivity index (χ2n) is 9.44. The van der Waals surface area contributed by atoms with E-state index in [9.17, 15) is 5.11 Å². The first-order valence-corrected chi connectivity index (χ1v) is 12.3. The van der Waals surface area contributed by atoms with Gasteiger partial charge in [-0.3, -0.25) is 4.98 Å². The van der Waals surface area contributed by atoms with Crippen LogP contribution in [0.3, 0.4) is 0 Å². The molecule has 0 bridgehead atoms. The molecule has 0 saturated heterocycles. The first-order chi connectivity index (χ1) is 18.0. The van der Waals surface area contributed by atoms with Crippen LogP contribution in [0.2, 0.25) is 0 Å². The van der Waals surface area contributed by atoms with E-state index in [1.54, 1.807) is 19.4 Å². The van der Waals surface area contributed by atoms with Crippen molar-refractivity contribution in [1.29, 1.82) is 0 Å². The number of nitrogens with zero attached hydrogens (tertiary/aromatic N) is 4. The van der Waals surface area contributed by atoms with Crippen LogP contribution >= 0.6 is 0 Å². The minimum atomic E-state index is 0. The minimum absolute atomic E-state index is 0. The molecule has 6 nitrogen and oxygen atoms in total. The fourth-order valence-corrected chi connectivity index (χ4v) is 5.10. The van der Waals surface area contributed by atoms with Gasteiger partial charge in [0.05, 0.1) is 24.2 Å². The van der Waals surface area contributed by atoms with Crippen molar-refractivity contribution < 1.29 is 30.9 Å². The van der Waals surface area contributed by atoms with Gasteiger partial charge in [-0.2, -0.15) is 0 Å². The van der Waals surface area contributed by atoms with Crippen LogP contribution < -0.4 is 14.5 Å². The third-order valence-corrected chi connectivity index (χ3v) is 6.90. The molecule has 0 spiro atoms. The summed E-state index contributed by atoms with van der Waals surface area (Å²) in [5.41, 5.74) is 6.94. The van der Waals surface area contributed by atoms with Crippen LogP contribution in [0.4, 0.5) is 28.6 Å². The summed E-state index contributed by atoms with van der Waals surface area (Å²) >= 11 is 0. The topological polar surface area (TPSA) is 61.7 Å². The molecule has 1 aliphatic rings. The molecule has 2 aromatic heterocycles. The van der Waals surface area contributed by atoms with Crippen molar-refractivity contribution in [3.63, 3.8) is 0 Å². The SMILES string of the molecule is COc1cc(-c2ccc3c(C(C)C)ccc(O)c3n2)[c-]c2c1N(C)c1ccccc1N2c1ccccn1.[Pt]. The summed E-state index contributed by atoms with van der Waals surface area (Å²) in [6.07, 6.45) is 1.79. The Morgan fingerprint density at radius 1 is 0.947 bits per heavy atom. The third kappa shape index (κ3) is 4.09. The molecule has 5 aromatic rings. The molecular weight excluding hydrogens is 655 g/mol. The Morgan fingerprint density at radius 3 is 2.42 bits per heavy atom. The van der Waals surface area contributed by atoms with Gasteiger partial charge in [0.25, 0.3) is 0 Å². The molecule has 0 saturated carbocycles. The number of fused-ring (bicyclic) bond motifs is 3. The molecule has 0 aliphatic carbocycles.